The number of imidazole rings is 1. The molecule has 0 radical (unpaired) electrons. The van der Waals surface area contributed by atoms with Gasteiger partial charge in [0.1, 0.15) is 5.82 Å². The monoisotopic (exact) mass is 370 g/mol. The number of hydrogen-bond acceptors (Lipinski definition) is 6. The number of aliphatic hydroxyl groups is 1. The van der Waals surface area contributed by atoms with Gasteiger partial charge < -0.3 is 20.7 Å². The molecule has 0 aliphatic carbocycles. The van der Waals surface area contributed by atoms with Crippen molar-refractivity contribution in [3.63, 3.8) is 0 Å². The van der Waals surface area contributed by atoms with Gasteiger partial charge in [0.15, 0.2) is 11.2 Å². The number of benzene rings is 1. The SMILES string of the molecule is CC(C)(C)NCC(O)Cn1c(Cc2ccccc2)nc2c(=O)[nH]c(N)nc21. The highest BCUT2D eigenvalue weighted by Crippen LogP contribution is 2.16. The first-order chi connectivity index (χ1) is 12.7. The van der Waals surface area contributed by atoms with E-state index in [9.17, 15) is 9.90 Å². The molecule has 2 aromatic heterocycles. The summed E-state index contributed by atoms with van der Waals surface area (Å²) in [6.07, 6.45) is -0.144. The van der Waals surface area contributed by atoms with E-state index in [1.807, 2.05) is 51.1 Å². The highest BCUT2D eigenvalue weighted by molar-refractivity contribution is 5.71. The molecular formula is C19H26N6O2. The quantitative estimate of drug-likeness (QED) is 0.514. The lowest BCUT2D eigenvalue weighted by Gasteiger charge is -2.23. The predicted molar refractivity (Wildman–Crippen MR) is 106 cm³/mol. The summed E-state index contributed by atoms with van der Waals surface area (Å²) in [4.78, 5) is 23.4. The lowest BCUT2D eigenvalue weighted by atomic mass is 10.1. The van der Waals surface area contributed by atoms with Crippen LogP contribution in [0.15, 0.2) is 35.1 Å². The Balaban J connectivity index is 1.97. The number of H-pyrrole nitrogens is 1. The van der Waals surface area contributed by atoms with Gasteiger partial charge >= 0.3 is 0 Å². The molecule has 2 heterocycles. The van der Waals surface area contributed by atoms with Crippen LogP contribution in [0.3, 0.4) is 0 Å². The summed E-state index contributed by atoms with van der Waals surface area (Å²) in [5.41, 5.74) is 6.90. The topological polar surface area (TPSA) is 122 Å². The normalized spacial score (nSPS) is 13.2. The van der Waals surface area contributed by atoms with E-state index in [-0.39, 0.29) is 29.1 Å². The Kier molecular flexibility index (Phi) is 5.29. The van der Waals surface area contributed by atoms with Crippen molar-refractivity contribution in [2.24, 2.45) is 0 Å². The minimum absolute atomic E-state index is 0.0298. The molecule has 0 spiro atoms. The molecule has 144 valence electrons. The lowest BCUT2D eigenvalue weighted by molar-refractivity contribution is 0.142. The maximum Gasteiger partial charge on any atom is 0.280 e. The number of fused-ring (bicyclic) bond motifs is 1. The van der Waals surface area contributed by atoms with E-state index in [0.29, 0.717) is 24.4 Å². The molecule has 1 atom stereocenters. The Labute approximate surface area is 157 Å². The zero-order valence-electron chi connectivity index (χ0n) is 15.9. The second-order valence-electron chi connectivity index (χ2n) is 7.71. The van der Waals surface area contributed by atoms with Crippen LogP contribution in [0, 0.1) is 0 Å². The summed E-state index contributed by atoms with van der Waals surface area (Å²) < 4.78 is 1.78. The Morgan fingerprint density at radius 1 is 1.26 bits per heavy atom. The maximum atomic E-state index is 12.2. The van der Waals surface area contributed by atoms with Gasteiger partial charge in [-0.15, -0.1) is 0 Å². The third-order valence-corrected chi connectivity index (χ3v) is 4.17. The Bertz CT molecular complexity index is 972. The van der Waals surface area contributed by atoms with Crippen molar-refractivity contribution in [1.82, 2.24) is 24.8 Å². The molecule has 0 saturated carbocycles. The molecule has 1 aromatic carbocycles. The van der Waals surface area contributed by atoms with Gasteiger partial charge in [0.25, 0.3) is 5.56 Å². The van der Waals surface area contributed by atoms with Gasteiger partial charge in [-0.2, -0.15) is 4.98 Å². The summed E-state index contributed by atoms with van der Waals surface area (Å²) in [5.74, 6) is 0.692. The van der Waals surface area contributed by atoms with E-state index < -0.39 is 6.10 Å². The van der Waals surface area contributed by atoms with Crippen LogP contribution in [-0.4, -0.2) is 42.8 Å². The fraction of sp³-hybridized carbons (Fsp3) is 0.421. The van der Waals surface area contributed by atoms with Crippen molar-refractivity contribution >= 4 is 17.1 Å². The molecule has 5 N–H and O–H groups in total. The lowest BCUT2D eigenvalue weighted by Crippen LogP contribution is -2.42. The molecule has 27 heavy (non-hydrogen) atoms. The fourth-order valence-corrected chi connectivity index (χ4v) is 2.88. The van der Waals surface area contributed by atoms with Crippen molar-refractivity contribution in [3.05, 3.63) is 52.1 Å². The highest BCUT2D eigenvalue weighted by Gasteiger charge is 2.19. The molecule has 1 unspecified atom stereocenters. The zero-order chi connectivity index (χ0) is 19.6. The number of aromatic amines is 1. The van der Waals surface area contributed by atoms with E-state index in [2.05, 4.69) is 20.3 Å². The summed E-state index contributed by atoms with van der Waals surface area (Å²) in [5, 5.41) is 13.8. The van der Waals surface area contributed by atoms with Crippen molar-refractivity contribution in [2.45, 2.75) is 45.4 Å². The molecule has 3 rings (SSSR count). The number of hydrogen-bond donors (Lipinski definition) is 4. The van der Waals surface area contributed by atoms with E-state index >= 15 is 0 Å². The molecule has 8 nitrogen and oxygen atoms in total. The number of nitrogens with two attached hydrogens (primary N) is 1. The van der Waals surface area contributed by atoms with Crippen molar-refractivity contribution in [1.29, 1.82) is 0 Å². The molecule has 3 aromatic rings. The largest absolute Gasteiger partial charge is 0.390 e. The van der Waals surface area contributed by atoms with Crippen LogP contribution in [0.25, 0.3) is 11.2 Å². The molecule has 0 saturated heterocycles. The number of nitrogens with zero attached hydrogens (tertiary/aromatic N) is 3. The Hall–Kier alpha value is -2.71. The summed E-state index contributed by atoms with van der Waals surface area (Å²) >= 11 is 0. The Morgan fingerprint density at radius 3 is 2.63 bits per heavy atom. The minimum Gasteiger partial charge on any atom is -0.390 e. The van der Waals surface area contributed by atoms with Gasteiger partial charge in [-0.3, -0.25) is 9.78 Å². The zero-order valence-corrected chi connectivity index (χ0v) is 15.9. The number of β-amino-alcohol motifs (C(OH)–C–C–N with tert-alkyl or cyclic N) is 1. The van der Waals surface area contributed by atoms with E-state index in [1.165, 1.54) is 0 Å². The van der Waals surface area contributed by atoms with E-state index in [0.717, 1.165) is 5.56 Å². The van der Waals surface area contributed by atoms with Crippen LogP contribution < -0.4 is 16.6 Å². The number of aliphatic hydroxyl groups excluding tert-OH is 1. The molecular weight excluding hydrogens is 344 g/mol. The highest BCUT2D eigenvalue weighted by atomic mass is 16.3. The molecule has 0 aliphatic heterocycles. The Morgan fingerprint density at radius 2 is 1.96 bits per heavy atom. The van der Waals surface area contributed by atoms with Crippen LogP contribution in [0.2, 0.25) is 0 Å². The third kappa shape index (κ3) is 4.72. The third-order valence-electron chi connectivity index (χ3n) is 4.17. The first-order valence-electron chi connectivity index (χ1n) is 8.95. The van der Waals surface area contributed by atoms with Crippen molar-refractivity contribution in [2.75, 3.05) is 12.3 Å². The van der Waals surface area contributed by atoms with E-state index in [4.69, 9.17) is 5.73 Å². The van der Waals surface area contributed by atoms with Gasteiger partial charge in [-0.25, -0.2) is 4.98 Å². The number of rotatable bonds is 6. The number of nitrogens with one attached hydrogen (secondary N) is 2. The summed E-state index contributed by atoms with van der Waals surface area (Å²) in [7, 11) is 0. The average molecular weight is 370 g/mol. The number of anilines is 1. The summed E-state index contributed by atoms with van der Waals surface area (Å²) in [6.45, 7) is 6.78. The van der Waals surface area contributed by atoms with Gasteiger partial charge in [0.05, 0.1) is 12.6 Å². The van der Waals surface area contributed by atoms with Gasteiger partial charge in [-0.1, -0.05) is 30.3 Å². The first-order valence-corrected chi connectivity index (χ1v) is 8.95. The second kappa shape index (κ2) is 7.50. The number of nitrogen functional groups attached to an aromatic ring is 1. The van der Waals surface area contributed by atoms with Gasteiger partial charge in [0.2, 0.25) is 5.95 Å². The van der Waals surface area contributed by atoms with Gasteiger partial charge in [-0.05, 0) is 26.3 Å². The molecule has 0 aliphatic rings. The number of aromatic nitrogens is 4. The van der Waals surface area contributed by atoms with E-state index in [1.54, 1.807) is 4.57 Å². The molecule has 0 amide bonds. The maximum absolute atomic E-state index is 12.2. The van der Waals surface area contributed by atoms with Gasteiger partial charge in [0, 0.05) is 18.5 Å². The van der Waals surface area contributed by atoms with Crippen LogP contribution in [-0.2, 0) is 13.0 Å². The van der Waals surface area contributed by atoms with Crippen LogP contribution in [0.5, 0.6) is 0 Å². The molecule has 0 bridgehead atoms. The van der Waals surface area contributed by atoms with Crippen LogP contribution in [0.4, 0.5) is 5.95 Å². The molecule has 8 heteroatoms. The first kappa shape index (κ1) is 19.1. The standard InChI is InChI=1S/C19H26N6O2/c1-19(2,3)21-10-13(26)11-25-14(9-12-7-5-4-6-8-12)22-15-16(25)23-18(20)24-17(15)27/h4-8,13,21,26H,9-11H2,1-3H3,(H3,20,23,24,27). The van der Waals surface area contributed by atoms with Crippen molar-refractivity contribution in [3.8, 4) is 0 Å². The minimum atomic E-state index is -0.668. The smallest absolute Gasteiger partial charge is 0.280 e. The second-order valence-corrected chi connectivity index (χ2v) is 7.71. The summed E-state index contributed by atoms with van der Waals surface area (Å²) in [6, 6.07) is 9.84. The van der Waals surface area contributed by atoms with Crippen LogP contribution >= 0.6 is 0 Å². The predicted octanol–water partition coefficient (Wildman–Crippen LogP) is 1.04. The van der Waals surface area contributed by atoms with Crippen molar-refractivity contribution < 1.29 is 5.11 Å². The molecule has 0 fully saturated rings. The average Bonchev–Trinajstić information content (AvgIpc) is 2.91. The fourth-order valence-electron chi connectivity index (χ4n) is 2.88. The van der Waals surface area contributed by atoms with Crippen LogP contribution in [0.1, 0.15) is 32.2 Å².